The molecule has 2 aromatic carbocycles. The highest BCUT2D eigenvalue weighted by molar-refractivity contribution is 9.10. The van der Waals surface area contributed by atoms with Gasteiger partial charge >= 0.3 is 0 Å². The highest BCUT2D eigenvalue weighted by Gasteiger charge is 2.18. The molecule has 1 aliphatic rings. The van der Waals surface area contributed by atoms with Crippen LogP contribution in [0.15, 0.2) is 34.8 Å². The third-order valence-corrected chi connectivity index (χ3v) is 5.10. The second-order valence-corrected chi connectivity index (χ2v) is 7.44. The van der Waals surface area contributed by atoms with Crippen LogP contribution in [0.1, 0.15) is 28.8 Å². The summed E-state index contributed by atoms with van der Waals surface area (Å²) < 4.78 is 6.22. The van der Waals surface area contributed by atoms with Crippen molar-refractivity contribution in [1.82, 2.24) is 0 Å². The Bertz CT molecular complexity index is 804. The Morgan fingerprint density at radius 2 is 1.96 bits per heavy atom. The second kappa shape index (κ2) is 7.67. The maximum atomic E-state index is 12.7. The van der Waals surface area contributed by atoms with Crippen molar-refractivity contribution in [3.8, 4) is 5.75 Å². The van der Waals surface area contributed by atoms with Gasteiger partial charge in [0.25, 0.3) is 5.91 Å². The highest BCUT2D eigenvalue weighted by Crippen LogP contribution is 2.32. The van der Waals surface area contributed by atoms with E-state index in [2.05, 4.69) is 26.1 Å². The van der Waals surface area contributed by atoms with E-state index >= 15 is 0 Å². The average Bonchev–Trinajstić information content (AvgIpc) is 3.08. The monoisotopic (exact) mass is 422 g/mol. The third-order valence-electron chi connectivity index (χ3n) is 4.34. The van der Waals surface area contributed by atoms with E-state index < -0.39 is 0 Å². The number of nitrogens with one attached hydrogen (secondary N) is 1. The predicted octanol–water partition coefficient (Wildman–Crippen LogP) is 5.27. The van der Waals surface area contributed by atoms with Gasteiger partial charge in [-0.15, -0.1) is 0 Å². The van der Waals surface area contributed by atoms with Crippen LogP contribution in [0.4, 0.5) is 11.4 Å². The first-order valence-corrected chi connectivity index (χ1v) is 9.36. The first-order valence-electron chi connectivity index (χ1n) is 8.19. The molecule has 1 amide bonds. The number of amides is 1. The van der Waals surface area contributed by atoms with E-state index in [-0.39, 0.29) is 5.91 Å². The van der Waals surface area contributed by atoms with Gasteiger partial charge in [0.05, 0.1) is 23.4 Å². The number of benzene rings is 2. The number of ether oxygens (including phenoxy) is 1. The minimum atomic E-state index is -0.230. The number of nitrogens with zero attached hydrogens (tertiary/aromatic N) is 1. The molecule has 1 heterocycles. The van der Waals surface area contributed by atoms with Gasteiger partial charge in [0.1, 0.15) is 5.75 Å². The molecule has 0 atom stereocenters. The zero-order chi connectivity index (χ0) is 18.0. The molecule has 1 aliphatic heterocycles. The summed E-state index contributed by atoms with van der Waals surface area (Å²) in [5, 5.41) is 3.55. The van der Waals surface area contributed by atoms with Gasteiger partial charge in [-0.2, -0.15) is 0 Å². The van der Waals surface area contributed by atoms with Crippen molar-refractivity contribution in [1.29, 1.82) is 0 Å². The first kappa shape index (κ1) is 18.1. The number of anilines is 2. The SMILES string of the molecule is COc1c(C)cc(Br)cc1C(=O)Nc1ccc(N2CCCC2)c(Cl)c1. The highest BCUT2D eigenvalue weighted by atomic mass is 79.9. The van der Waals surface area contributed by atoms with Crippen molar-refractivity contribution in [2.24, 2.45) is 0 Å². The fraction of sp³-hybridized carbons (Fsp3) is 0.316. The van der Waals surface area contributed by atoms with Gasteiger partial charge in [-0.05, 0) is 55.7 Å². The molecule has 3 rings (SSSR count). The summed E-state index contributed by atoms with van der Waals surface area (Å²) in [4.78, 5) is 15.0. The molecule has 0 aromatic heterocycles. The molecule has 1 saturated heterocycles. The van der Waals surface area contributed by atoms with Crippen molar-refractivity contribution in [3.63, 3.8) is 0 Å². The molecular weight excluding hydrogens is 404 g/mol. The lowest BCUT2D eigenvalue weighted by Gasteiger charge is -2.20. The minimum Gasteiger partial charge on any atom is -0.496 e. The van der Waals surface area contributed by atoms with E-state index in [1.165, 1.54) is 12.8 Å². The van der Waals surface area contributed by atoms with Gasteiger partial charge in [0.15, 0.2) is 0 Å². The standard InChI is InChI=1S/C19H20BrClN2O2/c1-12-9-13(20)10-15(18(12)25-2)19(24)22-14-5-6-17(16(21)11-14)23-7-3-4-8-23/h5-6,9-11H,3-4,7-8H2,1-2H3,(H,22,24). The molecular formula is C19H20BrClN2O2. The summed E-state index contributed by atoms with van der Waals surface area (Å²) in [5.74, 6) is 0.340. The molecule has 4 nitrogen and oxygen atoms in total. The Morgan fingerprint density at radius 1 is 1.24 bits per heavy atom. The van der Waals surface area contributed by atoms with Crippen molar-refractivity contribution >= 4 is 44.8 Å². The largest absolute Gasteiger partial charge is 0.496 e. The Labute approximate surface area is 161 Å². The maximum absolute atomic E-state index is 12.7. The van der Waals surface area contributed by atoms with E-state index in [1.807, 2.05) is 25.1 Å². The van der Waals surface area contributed by atoms with Crippen LogP contribution in [0.2, 0.25) is 5.02 Å². The predicted molar refractivity (Wildman–Crippen MR) is 106 cm³/mol. The van der Waals surface area contributed by atoms with Crippen molar-refractivity contribution in [2.45, 2.75) is 19.8 Å². The number of carbonyl (C=O) groups excluding carboxylic acids is 1. The summed E-state index contributed by atoms with van der Waals surface area (Å²) in [7, 11) is 1.56. The molecule has 0 unspecified atom stereocenters. The molecule has 1 N–H and O–H groups in total. The van der Waals surface area contributed by atoms with Gasteiger partial charge in [0.2, 0.25) is 0 Å². The number of carbonyl (C=O) groups is 1. The molecule has 0 spiro atoms. The summed E-state index contributed by atoms with van der Waals surface area (Å²) >= 11 is 9.85. The Morgan fingerprint density at radius 3 is 2.60 bits per heavy atom. The lowest BCUT2D eigenvalue weighted by Crippen LogP contribution is -2.18. The van der Waals surface area contributed by atoms with E-state index in [9.17, 15) is 4.79 Å². The van der Waals surface area contributed by atoms with Crippen LogP contribution in [0.5, 0.6) is 5.75 Å². The van der Waals surface area contributed by atoms with Crippen molar-refractivity contribution in [2.75, 3.05) is 30.4 Å². The molecule has 0 saturated carbocycles. The normalized spacial score (nSPS) is 13.8. The average molecular weight is 424 g/mol. The first-order chi connectivity index (χ1) is 12.0. The van der Waals surface area contributed by atoms with Crippen LogP contribution in [-0.2, 0) is 0 Å². The van der Waals surface area contributed by atoms with Crippen molar-refractivity contribution < 1.29 is 9.53 Å². The molecule has 25 heavy (non-hydrogen) atoms. The zero-order valence-corrected chi connectivity index (χ0v) is 16.6. The minimum absolute atomic E-state index is 0.230. The van der Waals surface area contributed by atoms with Crippen LogP contribution in [0.3, 0.4) is 0 Å². The number of hydrogen-bond donors (Lipinski definition) is 1. The zero-order valence-electron chi connectivity index (χ0n) is 14.2. The van der Waals surface area contributed by atoms with Crippen LogP contribution >= 0.6 is 27.5 Å². The Balaban J connectivity index is 1.83. The molecule has 6 heteroatoms. The third kappa shape index (κ3) is 3.93. The van der Waals surface area contributed by atoms with Gasteiger partial charge < -0.3 is 15.0 Å². The lowest BCUT2D eigenvalue weighted by molar-refractivity contribution is 0.102. The van der Waals surface area contributed by atoms with Gasteiger partial charge in [0, 0.05) is 23.2 Å². The Hall–Kier alpha value is -1.72. The molecule has 0 bridgehead atoms. The fourth-order valence-electron chi connectivity index (χ4n) is 3.17. The topological polar surface area (TPSA) is 41.6 Å². The molecule has 0 aliphatic carbocycles. The van der Waals surface area contributed by atoms with Crippen molar-refractivity contribution in [3.05, 3.63) is 51.0 Å². The number of methoxy groups -OCH3 is 1. The maximum Gasteiger partial charge on any atom is 0.259 e. The van der Waals surface area contributed by atoms with Crippen LogP contribution in [0.25, 0.3) is 0 Å². The summed E-state index contributed by atoms with van der Waals surface area (Å²) in [5.41, 5.74) is 3.06. The quantitative estimate of drug-likeness (QED) is 0.728. The van der Waals surface area contributed by atoms with Crippen LogP contribution in [-0.4, -0.2) is 26.1 Å². The summed E-state index contributed by atoms with van der Waals surface area (Å²) in [6.07, 6.45) is 2.38. The molecule has 2 aromatic rings. The lowest BCUT2D eigenvalue weighted by atomic mass is 10.1. The van der Waals surface area contributed by atoms with E-state index in [0.717, 1.165) is 28.8 Å². The molecule has 1 fully saturated rings. The fourth-order valence-corrected chi connectivity index (χ4v) is 4.04. The smallest absolute Gasteiger partial charge is 0.259 e. The van der Waals surface area contributed by atoms with Gasteiger partial charge in [-0.25, -0.2) is 0 Å². The van der Waals surface area contributed by atoms with E-state index in [1.54, 1.807) is 19.2 Å². The summed E-state index contributed by atoms with van der Waals surface area (Å²) in [6.45, 7) is 3.96. The molecule has 0 radical (unpaired) electrons. The Kier molecular flexibility index (Phi) is 5.54. The second-order valence-electron chi connectivity index (χ2n) is 6.12. The van der Waals surface area contributed by atoms with Gasteiger partial charge in [-0.1, -0.05) is 27.5 Å². The number of hydrogen-bond acceptors (Lipinski definition) is 3. The number of rotatable bonds is 4. The molecule has 132 valence electrons. The van der Waals surface area contributed by atoms with Gasteiger partial charge in [-0.3, -0.25) is 4.79 Å². The summed E-state index contributed by atoms with van der Waals surface area (Å²) in [6, 6.07) is 9.31. The van der Waals surface area contributed by atoms with E-state index in [4.69, 9.17) is 16.3 Å². The van der Waals surface area contributed by atoms with Crippen LogP contribution in [0, 0.1) is 6.92 Å². The number of halogens is 2. The number of aryl methyl sites for hydroxylation is 1. The van der Waals surface area contributed by atoms with Crippen LogP contribution < -0.4 is 15.0 Å². The van der Waals surface area contributed by atoms with E-state index in [0.29, 0.717) is 22.0 Å².